The first-order valence-electron chi connectivity index (χ1n) is 10.2. The maximum Gasteiger partial charge on any atom is 0.417 e. The number of aromatic nitrogens is 5. The number of carbonyl (C=O) groups excluding carboxylic acids is 1. The number of rotatable bonds is 5. The van der Waals surface area contributed by atoms with Crippen molar-refractivity contribution in [2.75, 3.05) is 13.2 Å². The Morgan fingerprint density at radius 3 is 2.56 bits per heavy atom. The molecule has 0 atom stereocenters. The number of nitrogens with two attached hydrogens (primary N) is 1. The summed E-state index contributed by atoms with van der Waals surface area (Å²) in [7, 11) is 0. The van der Waals surface area contributed by atoms with Gasteiger partial charge in [0.05, 0.1) is 36.2 Å². The quantitative estimate of drug-likeness (QED) is 0.480. The fraction of sp³-hybridized carbons (Fsp3) is 0.174. The lowest BCUT2D eigenvalue weighted by Crippen LogP contribution is -2.30. The molecule has 0 unspecified atom stereocenters. The lowest BCUT2D eigenvalue weighted by Gasteiger charge is -2.26. The van der Waals surface area contributed by atoms with E-state index >= 15 is 0 Å². The summed E-state index contributed by atoms with van der Waals surface area (Å²) in [5, 5.41) is 4.69. The van der Waals surface area contributed by atoms with Crippen LogP contribution in [0.15, 0.2) is 61.2 Å². The van der Waals surface area contributed by atoms with Gasteiger partial charge >= 0.3 is 6.18 Å². The number of amides is 1. The molecule has 172 valence electrons. The molecule has 0 bridgehead atoms. The van der Waals surface area contributed by atoms with E-state index in [1.54, 1.807) is 35.3 Å². The zero-order valence-electron chi connectivity index (χ0n) is 17.5. The average Bonchev–Trinajstić information content (AvgIpc) is 3.22. The zero-order valence-corrected chi connectivity index (χ0v) is 17.5. The lowest BCUT2D eigenvalue weighted by atomic mass is 9.98. The third-order valence-corrected chi connectivity index (χ3v) is 5.41. The second-order valence-electron chi connectivity index (χ2n) is 7.69. The number of halogens is 3. The minimum atomic E-state index is -4.60. The molecule has 1 aliphatic rings. The fourth-order valence-corrected chi connectivity index (χ4v) is 3.60. The van der Waals surface area contributed by atoms with Crippen molar-refractivity contribution in [1.29, 1.82) is 0 Å². The Kier molecular flexibility index (Phi) is 5.33. The van der Waals surface area contributed by atoms with E-state index in [1.807, 2.05) is 6.07 Å². The van der Waals surface area contributed by atoms with Crippen LogP contribution >= 0.6 is 0 Å². The number of hydrogen-bond acceptors (Lipinski definition) is 6. The fourth-order valence-electron chi connectivity index (χ4n) is 3.60. The highest BCUT2D eigenvalue weighted by molar-refractivity contribution is 5.94. The Bertz CT molecular complexity index is 1370. The SMILES string of the molecule is NC(=O)c1ccc(-c2cn(C3COC3)nc2-c2ccccn2)c(-c2cncc(C(F)(F)F)c2)n1. The minimum Gasteiger partial charge on any atom is -0.377 e. The van der Waals surface area contributed by atoms with E-state index in [1.165, 1.54) is 12.3 Å². The van der Waals surface area contributed by atoms with Gasteiger partial charge in [-0.05, 0) is 30.3 Å². The van der Waals surface area contributed by atoms with E-state index in [9.17, 15) is 18.0 Å². The summed E-state index contributed by atoms with van der Waals surface area (Å²) in [6.45, 7) is 0.984. The number of carbonyl (C=O) groups is 1. The minimum absolute atomic E-state index is 0.0211. The van der Waals surface area contributed by atoms with Gasteiger partial charge in [-0.2, -0.15) is 18.3 Å². The van der Waals surface area contributed by atoms with Crippen LogP contribution in [0.2, 0.25) is 0 Å². The van der Waals surface area contributed by atoms with E-state index < -0.39 is 17.6 Å². The average molecular weight is 466 g/mol. The smallest absolute Gasteiger partial charge is 0.377 e. The Morgan fingerprint density at radius 2 is 1.91 bits per heavy atom. The van der Waals surface area contributed by atoms with Crippen LogP contribution < -0.4 is 5.73 Å². The highest BCUT2D eigenvalue weighted by Gasteiger charge is 2.32. The Balaban J connectivity index is 1.74. The van der Waals surface area contributed by atoms with Crippen molar-refractivity contribution in [3.8, 4) is 33.8 Å². The van der Waals surface area contributed by atoms with Crippen LogP contribution in [-0.4, -0.2) is 43.9 Å². The molecule has 2 N–H and O–H groups in total. The first-order chi connectivity index (χ1) is 16.3. The van der Waals surface area contributed by atoms with Crippen molar-refractivity contribution in [1.82, 2.24) is 24.7 Å². The molecule has 4 aromatic rings. The molecule has 8 nitrogen and oxygen atoms in total. The first kappa shape index (κ1) is 21.7. The van der Waals surface area contributed by atoms with Crippen molar-refractivity contribution in [3.63, 3.8) is 0 Å². The van der Waals surface area contributed by atoms with Gasteiger partial charge in [0.15, 0.2) is 0 Å². The molecule has 11 heteroatoms. The standard InChI is InChI=1S/C23H17F3N6O2/c24-23(25,26)14-7-13(8-28-9-14)20-16(4-5-19(30-20)22(27)33)17-10-32(15-11-34-12-15)31-21(17)18-3-1-2-6-29-18/h1-10,15H,11-12H2,(H2,27,33). The van der Waals surface area contributed by atoms with Gasteiger partial charge < -0.3 is 10.5 Å². The third kappa shape index (κ3) is 4.01. The molecule has 1 aliphatic heterocycles. The number of pyridine rings is 3. The molecular weight excluding hydrogens is 449 g/mol. The summed E-state index contributed by atoms with van der Waals surface area (Å²) < 4.78 is 47.1. The first-order valence-corrected chi connectivity index (χ1v) is 10.2. The Morgan fingerprint density at radius 1 is 1.09 bits per heavy atom. The van der Waals surface area contributed by atoms with Crippen LogP contribution in [0.25, 0.3) is 33.8 Å². The molecular formula is C23H17F3N6O2. The normalized spacial score (nSPS) is 14.1. The second-order valence-corrected chi connectivity index (χ2v) is 7.69. The predicted molar refractivity (Wildman–Crippen MR) is 115 cm³/mol. The molecule has 0 spiro atoms. The number of nitrogens with zero attached hydrogens (tertiary/aromatic N) is 5. The molecule has 34 heavy (non-hydrogen) atoms. The van der Waals surface area contributed by atoms with Crippen molar-refractivity contribution in [3.05, 3.63) is 72.4 Å². The largest absolute Gasteiger partial charge is 0.417 e. The lowest BCUT2D eigenvalue weighted by molar-refractivity contribution is -0.137. The molecule has 5 rings (SSSR count). The number of alkyl halides is 3. The van der Waals surface area contributed by atoms with Crippen LogP contribution in [0, 0.1) is 0 Å². The van der Waals surface area contributed by atoms with Crippen LogP contribution in [0.5, 0.6) is 0 Å². The van der Waals surface area contributed by atoms with Gasteiger partial charge in [0.2, 0.25) is 0 Å². The third-order valence-electron chi connectivity index (χ3n) is 5.41. The molecule has 5 heterocycles. The van der Waals surface area contributed by atoms with Crippen molar-refractivity contribution < 1.29 is 22.7 Å². The molecule has 0 aromatic carbocycles. The zero-order chi connectivity index (χ0) is 23.9. The van der Waals surface area contributed by atoms with Crippen LogP contribution in [-0.2, 0) is 10.9 Å². The van der Waals surface area contributed by atoms with Crippen LogP contribution in [0.4, 0.5) is 13.2 Å². The van der Waals surface area contributed by atoms with Gasteiger partial charge in [-0.3, -0.25) is 19.4 Å². The number of hydrogen-bond donors (Lipinski definition) is 1. The summed E-state index contributed by atoms with van der Waals surface area (Å²) in [6.07, 6.45) is 0.795. The molecule has 1 amide bonds. The highest BCUT2D eigenvalue weighted by atomic mass is 19.4. The van der Waals surface area contributed by atoms with E-state index in [-0.39, 0.29) is 23.0 Å². The Hall–Kier alpha value is -4.12. The van der Waals surface area contributed by atoms with Crippen molar-refractivity contribution in [2.24, 2.45) is 5.73 Å². The van der Waals surface area contributed by atoms with E-state index in [4.69, 9.17) is 10.5 Å². The molecule has 0 saturated carbocycles. The molecule has 1 saturated heterocycles. The Labute approximate surface area is 191 Å². The van der Waals surface area contributed by atoms with Gasteiger partial charge in [-0.15, -0.1) is 0 Å². The summed E-state index contributed by atoms with van der Waals surface area (Å²) >= 11 is 0. The molecule has 0 aliphatic carbocycles. The number of ether oxygens (including phenoxy) is 1. The van der Waals surface area contributed by atoms with E-state index in [0.29, 0.717) is 35.7 Å². The summed E-state index contributed by atoms with van der Waals surface area (Å²) in [4.78, 5) is 24.2. The highest BCUT2D eigenvalue weighted by Crippen LogP contribution is 2.38. The summed E-state index contributed by atoms with van der Waals surface area (Å²) in [5.74, 6) is -0.806. The maximum atomic E-state index is 13.4. The van der Waals surface area contributed by atoms with Gasteiger partial charge in [0.25, 0.3) is 5.91 Å². The second kappa shape index (κ2) is 8.34. The van der Waals surface area contributed by atoms with Gasteiger partial charge in [0.1, 0.15) is 11.4 Å². The van der Waals surface area contributed by atoms with Gasteiger partial charge in [0, 0.05) is 41.5 Å². The number of primary amides is 1. The van der Waals surface area contributed by atoms with Crippen molar-refractivity contribution >= 4 is 5.91 Å². The maximum absolute atomic E-state index is 13.4. The van der Waals surface area contributed by atoms with Gasteiger partial charge in [-0.1, -0.05) is 6.07 Å². The van der Waals surface area contributed by atoms with Crippen LogP contribution in [0.3, 0.4) is 0 Å². The summed E-state index contributed by atoms with van der Waals surface area (Å²) in [6, 6.07) is 9.33. The predicted octanol–water partition coefficient (Wildman–Crippen LogP) is 3.76. The van der Waals surface area contributed by atoms with Crippen molar-refractivity contribution in [2.45, 2.75) is 12.2 Å². The summed E-state index contributed by atoms with van der Waals surface area (Å²) in [5.41, 5.74) is 6.71. The molecule has 0 radical (unpaired) electrons. The van der Waals surface area contributed by atoms with Crippen LogP contribution in [0.1, 0.15) is 22.1 Å². The molecule has 4 aromatic heterocycles. The van der Waals surface area contributed by atoms with E-state index in [0.717, 1.165) is 12.3 Å². The van der Waals surface area contributed by atoms with Gasteiger partial charge in [-0.25, -0.2) is 4.98 Å². The van der Waals surface area contributed by atoms with E-state index in [2.05, 4.69) is 20.1 Å². The topological polar surface area (TPSA) is 109 Å². The molecule has 1 fully saturated rings. The monoisotopic (exact) mass is 466 g/mol.